The summed E-state index contributed by atoms with van der Waals surface area (Å²) in [5.41, 5.74) is -0.223. The number of nitrogens with zero attached hydrogens (tertiary/aromatic N) is 1. The first-order valence-corrected chi connectivity index (χ1v) is 6.83. The average molecular weight is 276 g/mol. The molecule has 1 aliphatic carbocycles. The third-order valence-electron chi connectivity index (χ3n) is 4.10. The Balaban J connectivity index is 1.82. The fourth-order valence-electron chi connectivity index (χ4n) is 2.97. The van der Waals surface area contributed by atoms with E-state index in [0.717, 1.165) is 0 Å². The minimum atomic E-state index is -0.876. The number of amides is 2. The second-order valence-electron chi connectivity index (χ2n) is 5.89. The van der Waals surface area contributed by atoms with Crippen LogP contribution in [-0.2, 0) is 9.59 Å². The number of nitrogens with one attached hydrogen (secondary N) is 1. The first kappa shape index (κ1) is 13.1. The molecule has 1 aromatic rings. The second kappa shape index (κ2) is 4.30. The molecule has 1 heterocycles. The third-order valence-corrected chi connectivity index (χ3v) is 4.10. The molecule has 1 saturated carbocycles. The Morgan fingerprint density at radius 3 is 2.65 bits per heavy atom. The van der Waals surface area contributed by atoms with E-state index in [9.17, 15) is 14.0 Å². The van der Waals surface area contributed by atoms with Gasteiger partial charge in [0.2, 0.25) is 11.8 Å². The lowest BCUT2D eigenvalue weighted by Gasteiger charge is -2.21. The molecule has 1 aliphatic heterocycles. The van der Waals surface area contributed by atoms with Crippen molar-refractivity contribution in [3.8, 4) is 0 Å². The summed E-state index contributed by atoms with van der Waals surface area (Å²) in [6.07, 6.45) is 0.627. The zero-order valence-electron chi connectivity index (χ0n) is 11.5. The largest absolute Gasteiger partial charge is 0.353 e. The standard InChI is InChI=1S/C15H17FN2O2/c1-9(2)17-13(19)15-7-10(15)8-18(14(15)20)12-5-3-11(16)4-6-12/h3-6,9-10H,7-8H2,1-2H3,(H,17,19). The van der Waals surface area contributed by atoms with E-state index >= 15 is 0 Å². The van der Waals surface area contributed by atoms with Crippen molar-refractivity contribution in [1.29, 1.82) is 0 Å². The summed E-state index contributed by atoms with van der Waals surface area (Å²) in [6, 6.07) is 5.82. The summed E-state index contributed by atoms with van der Waals surface area (Å²) in [6.45, 7) is 4.29. The van der Waals surface area contributed by atoms with Crippen LogP contribution >= 0.6 is 0 Å². The molecule has 20 heavy (non-hydrogen) atoms. The number of anilines is 1. The first-order valence-electron chi connectivity index (χ1n) is 6.83. The molecule has 0 radical (unpaired) electrons. The van der Waals surface area contributed by atoms with Gasteiger partial charge in [0.05, 0.1) is 0 Å². The number of benzene rings is 1. The van der Waals surface area contributed by atoms with Crippen LogP contribution in [-0.4, -0.2) is 24.4 Å². The van der Waals surface area contributed by atoms with Gasteiger partial charge in [-0.25, -0.2) is 4.39 Å². The molecule has 0 spiro atoms. The molecule has 2 amide bonds. The number of rotatable bonds is 3. The number of carbonyl (C=O) groups is 2. The number of hydrogen-bond acceptors (Lipinski definition) is 2. The van der Waals surface area contributed by atoms with Crippen LogP contribution in [0.4, 0.5) is 10.1 Å². The van der Waals surface area contributed by atoms with Crippen LogP contribution in [0.3, 0.4) is 0 Å². The number of carbonyl (C=O) groups excluding carboxylic acids is 2. The Morgan fingerprint density at radius 1 is 1.40 bits per heavy atom. The van der Waals surface area contributed by atoms with Crippen LogP contribution in [0.1, 0.15) is 20.3 Å². The van der Waals surface area contributed by atoms with Gasteiger partial charge < -0.3 is 10.2 Å². The lowest BCUT2D eigenvalue weighted by Crippen LogP contribution is -2.43. The Bertz CT molecular complexity index is 570. The normalized spacial score (nSPS) is 27.7. The van der Waals surface area contributed by atoms with Crippen LogP contribution in [0.5, 0.6) is 0 Å². The maximum atomic E-state index is 12.9. The van der Waals surface area contributed by atoms with Gasteiger partial charge in [0, 0.05) is 24.2 Å². The van der Waals surface area contributed by atoms with E-state index in [2.05, 4.69) is 5.32 Å². The van der Waals surface area contributed by atoms with Crippen LogP contribution in [0.15, 0.2) is 24.3 Å². The molecule has 1 saturated heterocycles. The minimum Gasteiger partial charge on any atom is -0.353 e. The highest BCUT2D eigenvalue weighted by molar-refractivity contribution is 6.17. The van der Waals surface area contributed by atoms with E-state index in [-0.39, 0.29) is 29.6 Å². The summed E-state index contributed by atoms with van der Waals surface area (Å²) in [7, 11) is 0. The van der Waals surface area contributed by atoms with E-state index in [0.29, 0.717) is 18.7 Å². The Kier molecular flexibility index (Phi) is 2.81. The van der Waals surface area contributed by atoms with Crippen molar-refractivity contribution in [1.82, 2.24) is 5.32 Å². The summed E-state index contributed by atoms with van der Waals surface area (Å²) in [5.74, 6) is -0.587. The van der Waals surface area contributed by atoms with Crippen molar-refractivity contribution in [3.05, 3.63) is 30.1 Å². The highest BCUT2D eigenvalue weighted by Gasteiger charge is 2.71. The number of hydrogen-bond donors (Lipinski definition) is 1. The second-order valence-corrected chi connectivity index (χ2v) is 5.89. The molecular weight excluding hydrogens is 259 g/mol. The first-order chi connectivity index (χ1) is 9.45. The predicted octanol–water partition coefficient (Wildman–Crippen LogP) is 1.70. The maximum Gasteiger partial charge on any atom is 0.243 e. The average Bonchev–Trinajstić information content (AvgIpc) is 3.04. The van der Waals surface area contributed by atoms with E-state index < -0.39 is 5.41 Å². The van der Waals surface area contributed by atoms with Gasteiger partial charge in [0.15, 0.2) is 0 Å². The van der Waals surface area contributed by atoms with Gasteiger partial charge >= 0.3 is 0 Å². The monoisotopic (exact) mass is 276 g/mol. The molecule has 2 aliphatic rings. The smallest absolute Gasteiger partial charge is 0.243 e. The molecular formula is C15H17FN2O2. The van der Waals surface area contributed by atoms with Crippen LogP contribution in [0, 0.1) is 17.2 Å². The zero-order chi connectivity index (χ0) is 14.5. The summed E-state index contributed by atoms with van der Waals surface area (Å²) < 4.78 is 12.9. The van der Waals surface area contributed by atoms with E-state index in [1.54, 1.807) is 17.0 Å². The maximum absolute atomic E-state index is 12.9. The molecule has 1 N–H and O–H groups in total. The summed E-state index contributed by atoms with van der Waals surface area (Å²) in [4.78, 5) is 26.4. The molecule has 2 atom stereocenters. The quantitative estimate of drug-likeness (QED) is 0.854. The molecule has 3 rings (SSSR count). The van der Waals surface area contributed by atoms with E-state index in [1.807, 2.05) is 13.8 Å². The predicted molar refractivity (Wildman–Crippen MR) is 72.6 cm³/mol. The third kappa shape index (κ3) is 1.80. The van der Waals surface area contributed by atoms with Gasteiger partial charge in [-0.1, -0.05) is 0 Å². The van der Waals surface area contributed by atoms with Gasteiger partial charge in [-0.15, -0.1) is 0 Å². The molecule has 4 nitrogen and oxygen atoms in total. The fourth-order valence-corrected chi connectivity index (χ4v) is 2.97. The van der Waals surface area contributed by atoms with Gasteiger partial charge in [-0.05, 0) is 44.5 Å². The minimum absolute atomic E-state index is 0.0193. The highest BCUT2D eigenvalue weighted by atomic mass is 19.1. The lowest BCUT2D eigenvalue weighted by molar-refractivity contribution is -0.135. The fraction of sp³-hybridized carbons (Fsp3) is 0.467. The molecule has 5 heteroatoms. The highest BCUT2D eigenvalue weighted by Crippen LogP contribution is 2.59. The van der Waals surface area contributed by atoms with Crippen molar-refractivity contribution >= 4 is 17.5 Å². The van der Waals surface area contributed by atoms with Gasteiger partial charge in [-0.3, -0.25) is 9.59 Å². The molecule has 0 aromatic heterocycles. The summed E-state index contributed by atoms with van der Waals surface area (Å²) in [5, 5.41) is 2.83. The van der Waals surface area contributed by atoms with Crippen molar-refractivity contribution in [2.45, 2.75) is 26.3 Å². The van der Waals surface area contributed by atoms with Gasteiger partial charge in [0.1, 0.15) is 11.2 Å². The molecule has 106 valence electrons. The van der Waals surface area contributed by atoms with Crippen LogP contribution in [0.2, 0.25) is 0 Å². The zero-order valence-corrected chi connectivity index (χ0v) is 11.5. The molecule has 2 fully saturated rings. The number of piperidine rings is 1. The lowest BCUT2D eigenvalue weighted by atomic mass is 10.0. The van der Waals surface area contributed by atoms with Gasteiger partial charge in [-0.2, -0.15) is 0 Å². The number of halogens is 1. The molecule has 0 bridgehead atoms. The van der Waals surface area contributed by atoms with Crippen LogP contribution < -0.4 is 10.2 Å². The van der Waals surface area contributed by atoms with Crippen molar-refractivity contribution in [2.24, 2.45) is 11.3 Å². The van der Waals surface area contributed by atoms with Gasteiger partial charge in [0.25, 0.3) is 0 Å². The van der Waals surface area contributed by atoms with Crippen molar-refractivity contribution in [3.63, 3.8) is 0 Å². The number of fused-ring (bicyclic) bond motifs is 1. The Hall–Kier alpha value is -1.91. The molecule has 2 unspecified atom stereocenters. The van der Waals surface area contributed by atoms with E-state index in [4.69, 9.17) is 0 Å². The van der Waals surface area contributed by atoms with E-state index in [1.165, 1.54) is 12.1 Å². The van der Waals surface area contributed by atoms with Crippen molar-refractivity contribution < 1.29 is 14.0 Å². The summed E-state index contributed by atoms with van der Waals surface area (Å²) >= 11 is 0. The Morgan fingerprint density at radius 2 is 2.05 bits per heavy atom. The SMILES string of the molecule is CC(C)NC(=O)C12CC1CN(c1ccc(F)cc1)C2=O. The van der Waals surface area contributed by atoms with Crippen molar-refractivity contribution in [2.75, 3.05) is 11.4 Å². The van der Waals surface area contributed by atoms with Crippen LogP contribution in [0.25, 0.3) is 0 Å². The Labute approximate surface area is 117 Å². The topological polar surface area (TPSA) is 49.4 Å². The molecule has 1 aromatic carbocycles.